The highest BCUT2D eigenvalue weighted by Crippen LogP contribution is 2.34. The third kappa shape index (κ3) is 2.95. The lowest BCUT2D eigenvalue weighted by molar-refractivity contribution is 0.0642. The van der Waals surface area contributed by atoms with Gasteiger partial charge in [0, 0.05) is 24.1 Å². The van der Waals surface area contributed by atoms with Gasteiger partial charge in [0.1, 0.15) is 11.9 Å². The number of hydrogen-bond acceptors (Lipinski definition) is 6. The Morgan fingerprint density at radius 1 is 1.30 bits per heavy atom. The number of halogens is 1. The Bertz CT molecular complexity index is 1250. The summed E-state index contributed by atoms with van der Waals surface area (Å²) >= 11 is 0. The molecule has 1 amide bonds. The highest BCUT2D eigenvalue weighted by atomic mass is 19.1. The number of fused-ring (bicyclic) bond motifs is 2. The third-order valence-corrected chi connectivity index (χ3v) is 5.16. The van der Waals surface area contributed by atoms with Crippen molar-refractivity contribution in [1.29, 1.82) is 0 Å². The fourth-order valence-electron chi connectivity index (χ4n) is 3.65. The molecular formula is C20H20FN7O2. The molecule has 0 saturated carbocycles. The number of carbonyl (C=O) groups excluding carboxylic acids is 1. The summed E-state index contributed by atoms with van der Waals surface area (Å²) in [6.07, 6.45) is 3.51. The van der Waals surface area contributed by atoms with Gasteiger partial charge in [0.05, 0.1) is 29.4 Å². The zero-order valence-corrected chi connectivity index (χ0v) is 16.8. The molecule has 154 valence electrons. The van der Waals surface area contributed by atoms with E-state index in [0.29, 0.717) is 35.8 Å². The molecule has 1 N–H and O–H groups in total. The van der Waals surface area contributed by atoms with Crippen LogP contribution >= 0.6 is 0 Å². The Morgan fingerprint density at radius 2 is 2.13 bits per heavy atom. The predicted octanol–water partition coefficient (Wildman–Crippen LogP) is 2.66. The van der Waals surface area contributed by atoms with Gasteiger partial charge in [-0.3, -0.25) is 4.79 Å². The van der Waals surface area contributed by atoms with E-state index in [-0.39, 0.29) is 17.2 Å². The van der Waals surface area contributed by atoms with Crippen LogP contribution in [0.1, 0.15) is 60.5 Å². The van der Waals surface area contributed by atoms with Gasteiger partial charge in [-0.15, -0.1) is 10.2 Å². The third-order valence-electron chi connectivity index (χ3n) is 5.16. The Balaban J connectivity index is 1.58. The van der Waals surface area contributed by atoms with Crippen LogP contribution in [0.2, 0.25) is 0 Å². The van der Waals surface area contributed by atoms with Crippen molar-refractivity contribution in [2.45, 2.75) is 38.6 Å². The molecule has 4 aromatic heterocycles. The van der Waals surface area contributed by atoms with Crippen LogP contribution in [-0.4, -0.2) is 47.1 Å². The molecule has 0 spiro atoms. The molecule has 1 aliphatic rings. The number of pyridine rings is 1. The van der Waals surface area contributed by atoms with Gasteiger partial charge in [-0.1, -0.05) is 20.8 Å². The highest BCUT2D eigenvalue weighted by molar-refractivity contribution is 5.90. The standard InChI is InChI=1S/C20H20FN7O2/c1-20(2,3)19-25-24-17(30-19)18(29)27-7-6-13-15(23-10-22-13)16(27)14-8-12-5-4-11(21)9-28(12)26-14/h4-5,8-10,16H,6-7H2,1-3H3,(H,22,23)/t16-/m0/s1. The van der Waals surface area contributed by atoms with Crippen molar-refractivity contribution in [3.63, 3.8) is 0 Å². The first-order valence-electron chi connectivity index (χ1n) is 9.63. The summed E-state index contributed by atoms with van der Waals surface area (Å²) in [6, 6.07) is 4.28. The number of carbonyl (C=O) groups is 1. The van der Waals surface area contributed by atoms with Gasteiger partial charge >= 0.3 is 11.8 Å². The quantitative estimate of drug-likeness (QED) is 0.546. The van der Waals surface area contributed by atoms with E-state index in [9.17, 15) is 9.18 Å². The molecule has 0 aliphatic carbocycles. The summed E-state index contributed by atoms with van der Waals surface area (Å²) < 4.78 is 20.8. The van der Waals surface area contributed by atoms with E-state index in [1.165, 1.54) is 16.8 Å². The van der Waals surface area contributed by atoms with Gasteiger partial charge in [0.15, 0.2) is 0 Å². The van der Waals surface area contributed by atoms with E-state index in [2.05, 4.69) is 25.3 Å². The van der Waals surface area contributed by atoms with Gasteiger partial charge in [0.2, 0.25) is 5.89 Å². The summed E-state index contributed by atoms with van der Waals surface area (Å²) in [7, 11) is 0. The molecule has 0 aromatic carbocycles. The van der Waals surface area contributed by atoms with Crippen molar-refractivity contribution in [3.05, 3.63) is 65.4 Å². The summed E-state index contributed by atoms with van der Waals surface area (Å²) in [5, 5.41) is 12.5. The maximum Gasteiger partial charge on any atom is 0.312 e. The second kappa shape index (κ2) is 6.48. The van der Waals surface area contributed by atoms with Crippen LogP contribution in [-0.2, 0) is 11.8 Å². The van der Waals surface area contributed by atoms with Crippen molar-refractivity contribution >= 4 is 11.4 Å². The van der Waals surface area contributed by atoms with E-state index in [4.69, 9.17) is 4.42 Å². The average Bonchev–Trinajstić information content (AvgIpc) is 3.43. The second-order valence-electron chi connectivity index (χ2n) is 8.37. The fourth-order valence-corrected chi connectivity index (χ4v) is 3.65. The van der Waals surface area contributed by atoms with Crippen LogP contribution < -0.4 is 0 Å². The summed E-state index contributed by atoms with van der Waals surface area (Å²) in [6.45, 7) is 6.23. The van der Waals surface area contributed by atoms with Gasteiger partial charge in [-0.25, -0.2) is 13.9 Å². The van der Waals surface area contributed by atoms with Crippen molar-refractivity contribution in [3.8, 4) is 0 Å². The molecule has 30 heavy (non-hydrogen) atoms. The zero-order valence-electron chi connectivity index (χ0n) is 16.8. The minimum Gasteiger partial charge on any atom is -0.416 e. The molecule has 0 saturated heterocycles. The summed E-state index contributed by atoms with van der Waals surface area (Å²) in [5.41, 5.74) is 2.57. The van der Waals surface area contributed by atoms with Gasteiger partial charge in [-0.2, -0.15) is 5.10 Å². The van der Waals surface area contributed by atoms with Crippen LogP contribution in [0.15, 0.2) is 35.1 Å². The number of aromatic nitrogens is 6. The number of H-pyrrole nitrogens is 1. The van der Waals surface area contributed by atoms with Crippen molar-refractivity contribution in [2.24, 2.45) is 0 Å². The SMILES string of the molecule is CC(C)(C)c1nnc(C(=O)N2CCc3[nH]cnc3[C@@H]2c2cc3ccc(F)cn3n2)o1. The molecule has 0 unspecified atom stereocenters. The van der Waals surface area contributed by atoms with Crippen LogP contribution in [0.5, 0.6) is 0 Å². The van der Waals surface area contributed by atoms with Crippen LogP contribution in [0.25, 0.3) is 5.52 Å². The Hall–Kier alpha value is -3.56. The van der Waals surface area contributed by atoms with Gasteiger partial charge in [-0.05, 0) is 18.2 Å². The zero-order chi connectivity index (χ0) is 21.0. The van der Waals surface area contributed by atoms with Crippen LogP contribution in [0, 0.1) is 5.82 Å². The van der Waals surface area contributed by atoms with Crippen LogP contribution in [0.3, 0.4) is 0 Å². The monoisotopic (exact) mass is 409 g/mol. The molecule has 0 bridgehead atoms. The molecule has 1 aliphatic heterocycles. The predicted molar refractivity (Wildman–Crippen MR) is 103 cm³/mol. The first-order valence-corrected chi connectivity index (χ1v) is 9.63. The number of rotatable bonds is 2. The topological polar surface area (TPSA) is 105 Å². The molecular weight excluding hydrogens is 389 g/mol. The number of nitrogens with one attached hydrogen (secondary N) is 1. The highest BCUT2D eigenvalue weighted by Gasteiger charge is 2.38. The molecule has 9 nitrogen and oxygen atoms in total. The minimum absolute atomic E-state index is 0.0706. The lowest BCUT2D eigenvalue weighted by Crippen LogP contribution is -2.41. The number of amides is 1. The number of nitrogens with zero attached hydrogens (tertiary/aromatic N) is 6. The average molecular weight is 409 g/mol. The smallest absolute Gasteiger partial charge is 0.312 e. The Labute approximate surface area is 170 Å². The van der Waals surface area contributed by atoms with Crippen molar-refractivity contribution < 1.29 is 13.6 Å². The largest absolute Gasteiger partial charge is 0.416 e. The van der Waals surface area contributed by atoms with E-state index in [1.54, 1.807) is 17.3 Å². The Morgan fingerprint density at radius 3 is 2.90 bits per heavy atom. The van der Waals surface area contributed by atoms with E-state index in [1.807, 2.05) is 26.8 Å². The van der Waals surface area contributed by atoms with E-state index in [0.717, 1.165) is 5.69 Å². The van der Waals surface area contributed by atoms with Crippen LogP contribution in [0.4, 0.5) is 4.39 Å². The van der Waals surface area contributed by atoms with E-state index >= 15 is 0 Å². The molecule has 5 heterocycles. The van der Waals surface area contributed by atoms with Crippen molar-refractivity contribution in [1.82, 2.24) is 34.7 Å². The minimum atomic E-state index is -0.555. The number of imidazole rings is 1. The number of aromatic amines is 1. The second-order valence-corrected chi connectivity index (χ2v) is 8.37. The number of hydrogen-bond donors (Lipinski definition) is 1. The molecule has 1 atom stereocenters. The van der Waals surface area contributed by atoms with Gasteiger partial charge in [0.25, 0.3) is 0 Å². The van der Waals surface area contributed by atoms with E-state index < -0.39 is 11.9 Å². The lowest BCUT2D eigenvalue weighted by atomic mass is 9.97. The van der Waals surface area contributed by atoms with Crippen molar-refractivity contribution in [2.75, 3.05) is 6.54 Å². The first kappa shape index (κ1) is 18.5. The normalized spacial score (nSPS) is 16.8. The van der Waals surface area contributed by atoms with Gasteiger partial charge < -0.3 is 14.3 Å². The molecule has 4 aromatic rings. The first-order chi connectivity index (χ1) is 14.3. The maximum atomic E-state index is 13.6. The fraction of sp³-hybridized carbons (Fsp3) is 0.350. The molecule has 0 radical (unpaired) electrons. The molecule has 5 rings (SSSR count). The molecule has 0 fully saturated rings. The maximum absolute atomic E-state index is 13.6. The lowest BCUT2D eigenvalue weighted by Gasteiger charge is -2.32. The molecule has 10 heteroatoms. The summed E-state index contributed by atoms with van der Waals surface area (Å²) in [5.74, 6) is -0.462. The summed E-state index contributed by atoms with van der Waals surface area (Å²) in [4.78, 5) is 22.5. The Kier molecular flexibility index (Phi) is 3.99.